The van der Waals surface area contributed by atoms with Gasteiger partial charge in [-0.25, -0.2) is 0 Å². The highest BCUT2D eigenvalue weighted by molar-refractivity contribution is 14.0. The molecule has 158 valence electrons. The topological polar surface area (TPSA) is 77.8 Å². The number of rotatable bonds is 5. The Morgan fingerprint density at radius 2 is 1.83 bits per heavy atom. The second kappa shape index (κ2) is 11.2. The fraction of sp³-hybridized carbons (Fsp3) is 0.421. The standard InChI is InChI=1S/C19H26ClN7O.HI/c1-21-19(22-13-17-7-8-24-25(17)2)23-14-18(28)27-11-9-26(10-12-27)16-5-3-15(20)4-6-16;/h3-8H,9-14H2,1-2H3,(H2,21,22,23);1H. The molecular weight excluding hydrogens is 505 g/mol. The monoisotopic (exact) mass is 531 g/mol. The largest absolute Gasteiger partial charge is 0.368 e. The molecule has 8 nitrogen and oxygen atoms in total. The Bertz CT molecular complexity index is 816. The molecule has 0 unspecified atom stereocenters. The summed E-state index contributed by atoms with van der Waals surface area (Å²) in [4.78, 5) is 20.8. The molecule has 0 saturated carbocycles. The number of guanidine groups is 1. The number of anilines is 1. The van der Waals surface area contributed by atoms with Gasteiger partial charge in [-0.1, -0.05) is 11.6 Å². The van der Waals surface area contributed by atoms with Crippen molar-refractivity contribution in [1.82, 2.24) is 25.3 Å². The molecule has 0 radical (unpaired) electrons. The van der Waals surface area contributed by atoms with Crippen molar-refractivity contribution < 1.29 is 4.79 Å². The van der Waals surface area contributed by atoms with Gasteiger partial charge in [0, 0.05) is 57.2 Å². The van der Waals surface area contributed by atoms with Crippen LogP contribution in [0.1, 0.15) is 5.69 Å². The number of carbonyl (C=O) groups is 1. The zero-order valence-electron chi connectivity index (χ0n) is 16.6. The number of aryl methyl sites for hydroxylation is 1. The summed E-state index contributed by atoms with van der Waals surface area (Å²) in [6, 6.07) is 9.75. The lowest BCUT2D eigenvalue weighted by Crippen LogP contribution is -2.52. The Morgan fingerprint density at radius 1 is 1.14 bits per heavy atom. The van der Waals surface area contributed by atoms with Crippen LogP contribution in [0.2, 0.25) is 5.02 Å². The van der Waals surface area contributed by atoms with Gasteiger partial charge in [0.05, 0.1) is 18.8 Å². The highest BCUT2D eigenvalue weighted by Gasteiger charge is 2.21. The van der Waals surface area contributed by atoms with Gasteiger partial charge in [-0.2, -0.15) is 5.10 Å². The molecule has 0 atom stereocenters. The molecule has 1 saturated heterocycles. The Labute approximate surface area is 193 Å². The molecule has 1 fully saturated rings. The fourth-order valence-electron chi connectivity index (χ4n) is 3.11. The molecule has 29 heavy (non-hydrogen) atoms. The van der Waals surface area contributed by atoms with Crippen molar-refractivity contribution in [3.8, 4) is 0 Å². The average molecular weight is 532 g/mol. The van der Waals surface area contributed by atoms with Crippen LogP contribution >= 0.6 is 35.6 Å². The third kappa shape index (κ3) is 6.49. The number of piperazine rings is 1. The molecule has 1 aliphatic rings. The molecule has 3 rings (SSSR count). The molecule has 0 aliphatic carbocycles. The number of hydrogen-bond donors (Lipinski definition) is 2. The molecule has 0 bridgehead atoms. The average Bonchev–Trinajstić information content (AvgIpc) is 3.13. The van der Waals surface area contributed by atoms with E-state index in [2.05, 4.69) is 25.6 Å². The summed E-state index contributed by atoms with van der Waals surface area (Å²) in [6.45, 7) is 3.81. The minimum atomic E-state index is 0. The Morgan fingerprint density at radius 3 is 2.41 bits per heavy atom. The van der Waals surface area contributed by atoms with Gasteiger partial charge in [0.2, 0.25) is 5.91 Å². The maximum absolute atomic E-state index is 12.5. The van der Waals surface area contributed by atoms with Crippen molar-refractivity contribution in [3.63, 3.8) is 0 Å². The van der Waals surface area contributed by atoms with Gasteiger partial charge in [-0.15, -0.1) is 24.0 Å². The predicted octanol–water partition coefficient (Wildman–Crippen LogP) is 1.71. The summed E-state index contributed by atoms with van der Waals surface area (Å²) < 4.78 is 1.80. The zero-order valence-corrected chi connectivity index (χ0v) is 19.7. The molecule has 2 N–H and O–H groups in total. The Balaban J connectivity index is 0.00000300. The van der Waals surface area contributed by atoms with Crippen molar-refractivity contribution >= 4 is 53.1 Å². The van der Waals surface area contributed by atoms with Gasteiger partial charge in [-0.05, 0) is 30.3 Å². The van der Waals surface area contributed by atoms with E-state index in [1.165, 1.54) is 0 Å². The number of nitrogens with zero attached hydrogens (tertiary/aromatic N) is 5. The smallest absolute Gasteiger partial charge is 0.242 e. The van der Waals surface area contributed by atoms with E-state index in [9.17, 15) is 4.79 Å². The Hall–Kier alpha value is -2.01. The molecule has 1 aromatic carbocycles. The zero-order chi connectivity index (χ0) is 19.9. The predicted molar refractivity (Wildman–Crippen MR) is 127 cm³/mol. The minimum absolute atomic E-state index is 0. The first-order valence-corrected chi connectivity index (χ1v) is 9.64. The van der Waals surface area contributed by atoms with Crippen LogP contribution in [0.4, 0.5) is 5.69 Å². The van der Waals surface area contributed by atoms with Crippen LogP contribution < -0.4 is 15.5 Å². The van der Waals surface area contributed by atoms with Crippen molar-refractivity contribution in [3.05, 3.63) is 47.2 Å². The summed E-state index contributed by atoms with van der Waals surface area (Å²) in [7, 11) is 3.58. The van der Waals surface area contributed by atoms with Gasteiger partial charge in [-0.3, -0.25) is 14.5 Å². The van der Waals surface area contributed by atoms with Crippen molar-refractivity contribution in [2.75, 3.05) is 44.7 Å². The highest BCUT2D eigenvalue weighted by atomic mass is 127. The molecule has 2 aromatic rings. The van der Waals surface area contributed by atoms with Crippen molar-refractivity contribution in [1.29, 1.82) is 0 Å². The van der Waals surface area contributed by atoms with E-state index >= 15 is 0 Å². The van der Waals surface area contributed by atoms with E-state index in [0.29, 0.717) is 25.6 Å². The number of carbonyl (C=O) groups excluding carboxylic acids is 1. The molecule has 1 amide bonds. The highest BCUT2D eigenvalue weighted by Crippen LogP contribution is 2.19. The molecule has 1 aromatic heterocycles. The first kappa shape index (κ1) is 23.3. The number of nitrogens with one attached hydrogen (secondary N) is 2. The van der Waals surface area contributed by atoms with Crippen LogP contribution in [0.5, 0.6) is 0 Å². The normalized spacial score (nSPS) is 14.4. The van der Waals surface area contributed by atoms with E-state index in [1.807, 2.05) is 42.3 Å². The van der Waals surface area contributed by atoms with E-state index in [-0.39, 0.29) is 36.4 Å². The number of aromatic nitrogens is 2. The molecule has 0 spiro atoms. The van der Waals surface area contributed by atoms with E-state index < -0.39 is 0 Å². The number of benzene rings is 1. The molecule has 2 heterocycles. The number of amides is 1. The van der Waals surface area contributed by atoms with Gasteiger partial charge in [0.1, 0.15) is 0 Å². The number of hydrogen-bond acceptors (Lipinski definition) is 4. The van der Waals surface area contributed by atoms with Gasteiger partial charge < -0.3 is 20.4 Å². The molecule has 1 aliphatic heterocycles. The summed E-state index contributed by atoms with van der Waals surface area (Å²) in [5.74, 6) is 0.661. The lowest BCUT2D eigenvalue weighted by atomic mass is 10.2. The number of halogens is 2. The lowest BCUT2D eigenvalue weighted by molar-refractivity contribution is -0.130. The van der Waals surface area contributed by atoms with Crippen molar-refractivity contribution in [2.45, 2.75) is 6.54 Å². The first-order chi connectivity index (χ1) is 13.6. The van der Waals surface area contributed by atoms with Crippen molar-refractivity contribution in [2.24, 2.45) is 12.0 Å². The van der Waals surface area contributed by atoms with Crippen LogP contribution in [0, 0.1) is 0 Å². The SMILES string of the molecule is CN=C(NCC(=O)N1CCN(c2ccc(Cl)cc2)CC1)NCc1ccnn1C.I. The fourth-order valence-corrected chi connectivity index (χ4v) is 3.23. The summed E-state index contributed by atoms with van der Waals surface area (Å²) >= 11 is 5.95. The minimum Gasteiger partial charge on any atom is -0.368 e. The van der Waals surface area contributed by atoms with Crippen LogP contribution in [0.15, 0.2) is 41.5 Å². The van der Waals surface area contributed by atoms with Gasteiger partial charge in [0.15, 0.2) is 5.96 Å². The maximum Gasteiger partial charge on any atom is 0.242 e. The Kier molecular flexibility index (Phi) is 9.02. The van der Waals surface area contributed by atoms with Crippen LogP contribution in [-0.4, -0.2) is 66.3 Å². The second-order valence-corrected chi connectivity index (χ2v) is 7.01. The quantitative estimate of drug-likeness (QED) is 0.349. The van der Waals surface area contributed by atoms with E-state index in [4.69, 9.17) is 11.6 Å². The maximum atomic E-state index is 12.5. The first-order valence-electron chi connectivity index (χ1n) is 9.26. The van der Waals surface area contributed by atoms with Crippen LogP contribution in [-0.2, 0) is 18.4 Å². The summed E-state index contributed by atoms with van der Waals surface area (Å²) in [6.07, 6.45) is 1.75. The summed E-state index contributed by atoms with van der Waals surface area (Å²) in [5.41, 5.74) is 2.17. The van der Waals surface area contributed by atoms with Gasteiger partial charge >= 0.3 is 0 Å². The third-order valence-electron chi connectivity index (χ3n) is 4.81. The summed E-state index contributed by atoms with van der Waals surface area (Å²) in [5, 5.41) is 11.1. The lowest BCUT2D eigenvalue weighted by Gasteiger charge is -2.36. The van der Waals surface area contributed by atoms with E-state index in [0.717, 1.165) is 29.5 Å². The van der Waals surface area contributed by atoms with Crippen LogP contribution in [0.3, 0.4) is 0 Å². The van der Waals surface area contributed by atoms with Gasteiger partial charge in [0.25, 0.3) is 0 Å². The number of aliphatic imine (C=N–C) groups is 1. The third-order valence-corrected chi connectivity index (χ3v) is 5.07. The molecular formula is C19H27ClIN7O. The van der Waals surface area contributed by atoms with E-state index in [1.54, 1.807) is 17.9 Å². The molecule has 10 heteroatoms. The second-order valence-electron chi connectivity index (χ2n) is 6.57. The van der Waals surface area contributed by atoms with Crippen LogP contribution in [0.25, 0.3) is 0 Å².